The number of nitrogens with one attached hydrogen (secondary N) is 2. The molecule has 5 aromatic rings. The first kappa shape index (κ1) is 18.8. The molecule has 4 aromatic carbocycles. The van der Waals surface area contributed by atoms with Crippen LogP contribution in [0.15, 0.2) is 84.9 Å². The molecule has 0 aliphatic rings. The Kier molecular flexibility index (Phi) is 4.80. The molecule has 31 heavy (non-hydrogen) atoms. The van der Waals surface area contributed by atoms with Crippen LogP contribution in [0, 0.1) is 5.82 Å². The van der Waals surface area contributed by atoms with E-state index in [1.807, 2.05) is 42.5 Å². The van der Waals surface area contributed by atoms with Crippen molar-refractivity contribution in [2.75, 3.05) is 5.32 Å². The minimum Gasteiger partial charge on any atom is -0.489 e. The average Bonchev–Trinajstić information content (AvgIpc) is 3.20. The Bertz CT molecular complexity index is 1410. The quantitative estimate of drug-likeness (QED) is 0.391. The predicted octanol–water partition coefficient (Wildman–Crippen LogP) is 5.69. The van der Waals surface area contributed by atoms with Crippen LogP contribution in [0.5, 0.6) is 5.75 Å². The summed E-state index contributed by atoms with van der Waals surface area (Å²) in [6.07, 6.45) is 0. The van der Waals surface area contributed by atoms with E-state index < -0.39 is 0 Å². The first-order valence-corrected chi connectivity index (χ1v) is 9.82. The largest absolute Gasteiger partial charge is 0.489 e. The molecule has 0 spiro atoms. The minimum atomic E-state index is -0.302. The zero-order chi connectivity index (χ0) is 21.2. The number of rotatable bonds is 5. The van der Waals surface area contributed by atoms with Crippen LogP contribution >= 0.6 is 0 Å². The molecule has 0 radical (unpaired) electrons. The summed E-state index contributed by atoms with van der Waals surface area (Å²) in [4.78, 5) is 12.9. The van der Waals surface area contributed by atoms with Crippen molar-refractivity contribution < 1.29 is 13.9 Å². The highest BCUT2D eigenvalue weighted by atomic mass is 19.1. The fraction of sp³-hybridized carbons (Fsp3) is 0.0400. The molecular formula is C25H18FN3O2. The zero-order valence-electron chi connectivity index (χ0n) is 16.4. The SMILES string of the molecule is O=C(Nc1n[nH]c2cc(OCc3ccccc3F)ccc12)c1cccc2ccccc12. The van der Waals surface area contributed by atoms with E-state index in [9.17, 15) is 9.18 Å². The van der Waals surface area contributed by atoms with Gasteiger partial charge in [-0.15, -0.1) is 0 Å². The van der Waals surface area contributed by atoms with Crippen molar-refractivity contribution in [3.63, 3.8) is 0 Å². The summed E-state index contributed by atoms with van der Waals surface area (Å²) in [7, 11) is 0. The second-order valence-corrected chi connectivity index (χ2v) is 7.14. The molecule has 2 N–H and O–H groups in total. The lowest BCUT2D eigenvalue weighted by atomic mass is 10.0. The van der Waals surface area contributed by atoms with E-state index in [1.165, 1.54) is 6.07 Å². The van der Waals surface area contributed by atoms with Gasteiger partial charge in [-0.05, 0) is 35.0 Å². The van der Waals surface area contributed by atoms with Gasteiger partial charge in [0.2, 0.25) is 0 Å². The van der Waals surface area contributed by atoms with Gasteiger partial charge in [-0.3, -0.25) is 9.89 Å². The second-order valence-electron chi connectivity index (χ2n) is 7.14. The van der Waals surface area contributed by atoms with Gasteiger partial charge in [0.15, 0.2) is 5.82 Å². The molecule has 1 amide bonds. The number of carbonyl (C=O) groups is 1. The van der Waals surface area contributed by atoms with E-state index in [1.54, 1.807) is 36.4 Å². The lowest BCUT2D eigenvalue weighted by molar-refractivity contribution is 0.102. The maximum Gasteiger partial charge on any atom is 0.257 e. The van der Waals surface area contributed by atoms with E-state index in [0.29, 0.717) is 28.2 Å². The molecule has 5 rings (SSSR count). The average molecular weight is 411 g/mol. The third-order valence-corrected chi connectivity index (χ3v) is 5.15. The Morgan fingerprint density at radius 2 is 1.74 bits per heavy atom. The Balaban J connectivity index is 1.36. The van der Waals surface area contributed by atoms with E-state index in [0.717, 1.165) is 16.2 Å². The molecule has 1 aromatic heterocycles. The summed E-state index contributed by atoms with van der Waals surface area (Å²) in [5.74, 6) is 0.480. The van der Waals surface area contributed by atoms with Crippen molar-refractivity contribution in [3.8, 4) is 5.75 Å². The van der Waals surface area contributed by atoms with Gasteiger partial charge in [0, 0.05) is 22.6 Å². The van der Waals surface area contributed by atoms with Crippen LogP contribution in [-0.2, 0) is 6.61 Å². The molecule has 0 unspecified atom stereocenters. The van der Waals surface area contributed by atoms with Crippen molar-refractivity contribution in [2.24, 2.45) is 0 Å². The van der Waals surface area contributed by atoms with Crippen molar-refractivity contribution >= 4 is 33.4 Å². The van der Waals surface area contributed by atoms with Gasteiger partial charge in [0.05, 0.1) is 5.52 Å². The number of amides is 1. The molecule has 1 heterocycles. The number of carbonyl (C=O) groups excluding carboxylic acids is 1. The number of aromatic nitrogens is 2. The lowest BCUT2D eigenvalue weighted by Gasteiger charge is -2.08. The molecule has 152 valence electrons. The highest BCUT2D eigenvalue weighted by molar-refractivity contribution is 6.14. The summed E-state index contributed by atoms with van der Waals surface area (Å²) in [5.41, 5.74) is 1.77. The number of aromatic amines is 1. The highest BCUT2D eigenvalue weighted by Crippen LogP contribution is 2.27. The molecule has 0 aliphatic heterocycles. The first-order valence-electron chi connectivity index (χ1n) is 9.82. The third-order valence-electron chi connectivity index (χ3n) is 5.15. The fourth-order valence-electron chi connectivity index (χ4n) is 3.56. The molecule has 0 saturated heterocycles. The minimum absolute atomic E-state index is 0.122. The number of hydrogen-bond acceptors (Lipinski definition) is 3. The first-order chi connectivity index (χ1) is 15.2. The number of hydrogen-bond donors (Lipinski definition) is 2. The smallest absolute Gasteiger partial charge is 0.257 e. The number of anilines is 1. The van der Waals surface area contributed by atoms with Crippen LogP contribution in [0.1, 0.15) is 15.9 Å². The van der Waals surface area contributed by atoms with Gasteiger partial charge in [-0.1, -0.05) is 54.6 Å². The van der Waals surface area contributed by atoms with Crippen LogP contribution in [0.4, 0.5) is 10.2 Å². The topological polar surface area (TPSA) is 67.0 Å². The number of ether oxygens (including phenoxy) is 1. The zero-order valence-corrected chi connectivity index (χ0v) is 16.4. The van der Waals surface area contributed by atoms with Gasteiger partial charge in [0.1, 0.15) is 18.2 Å². The molecule has 0 bridgehead atoms. The molecule has 5 nitrogen and oxygen atoms in total. The van der Waals surface area contributed by atoms with Gasteiger partial charge in [-0.2, -0.15) is 5.10 Å². The van der Waals surface area contributed by atoms with Crippen LogP contribution in [0.25, 0.3) is 21.7 Å². The van der Waals surface area contributed by atoms with E-state index in [-0.39, 0.29) is 18.3 Å². The number of H-pyrrole nitrogens is 1. The Labute approximate surface area is 177 Å². The lowest BCUT2D eigenvalue weighted by Crippen LogP contribution is -2.12. The number of fused-ring (bicyclic) bond motifs is 2. The summed E-state index contributed by atoms with van der Waals surface area (Å²) in [5, 5.41) is 12.7. The van der Waals surface area contributed by atoms with Crippen LogP contribution in [0.3, 0.4) is 0 Å². The predicted molar refractivity (Wildman–Crippen MR) is 119 cm³/mol. The van der Waals surface area contributed by atoms with E-state index >= 15 is 0 Å². The summed E-state index contributed by atoms with van der Waals surface area (Å²) in [6, 6.07) is 25.2. The Morgan fingerprint density at radius 3 is 2.65 bits per heavy atom. The van der Waals surface area contributed by atoms with Crippen molar-refractivity contribution in [1.29, 1.82) is 0 Å². The van der Waals surface area contributed by atoms with Crippen molar-refractivity contribution in [1.82, 2.24) is 10.2 Å². The monoisotopic (exact) mass is 411 g/mol. The van der Waals surface area contributed by atoms with Crippen LogP contribution in [0.2, 0.25) is 0 Å². The summed E-state index contributed by atoms with van der Waals surface area (Å²) >= 11 is 0. The van der Waals surface area contributed by atoms with Crippen LogP contribution < -0.4 is 10.1 Å². The van der Waals surface area contributed by atoms with Gasteiger partial charge < -0.3 is 10.1 Å². The standard InChI is InChI=1S/C25H18FN3O2/c26-22-11-4-2-7-17(22)15-31-18-12-13-21-23(14-18)28-29-24(21)27-25(30)20-10-5-8-16-6-1-3-9-19(16)20/h1-14H,15H2,(H2,27,28,29,30). The summed E-state index contributed by atoms with van der Waals surface area (Å²) in [6.45, 7) is 0.122. The normalized spacial score (nSPS) is 11.0. The van der Waals surface area contributed by atoms with Gasteiger partial charge in [-0.25, -0.2) is 4.39 Å². The number of halogens is 1. The van der Waals surface area contributed by atoms with E-state index in [4.69, 9.17) is 4.74 Å². The van der Waals surface area contributed by atoms with Crippen molar-refractivity contribution in [3.05, 3.63) is 102 Å². The molecule has 0 aliphatic carbocycles. The Hall–Kier alpha value is -4.19. The summed E-state index contributed by atoms with van der Waals surface area (Å²) < 4.78 is 19.5. The van der Waals surface area contributed by atoms with E-state index in [2.05, 4.69) is 15.5 Å². The fourth-order valence-corrected chi connectivity index (χ4v) is 3.56. The Morgan fingerprint density at radius 1 is 0.935 bits per heavy atom. The number of nitrogens with zero attached hydrogens (tertiary/aromatic N) is 1. The number of benzene rings is 4. The molecule has 0 fully saturated rings. The van der Waals surface area contributed by atoms with Crippen molar-refractivity contribution in [2.45, 2.75) is 6.61 Å². The molecule has 0 atom stereocenters. The molecule has 0 saturated carbocycles. The highest BCUT2D eigenvalue weighted by Gasteiger charge is 2.14. The van der Waals surface area contributed by atoms with Gasteiger partial charge >= 0.3 is 0 Å². The maximum atomic E-state index is 13.8. The third kappa shape index (κ3) is 3.71. The second kappa shape index (κ2) is 7.91. The molecular weight excluding hydrogens is 393 g/mol. The van der Waals surface area contributed by atoms with Gasteiger partial charge in [0.25, 0.3) is 5.91 Å². The maximum absolute atomic E-state index is 13.8. The molecule has 6 heteroatoms. The van der Waals surface area contributed by atoms with Crippen LogP contribution in [-0.4, -0.2) is 16.1 Å².